The monoisotopic (exact) mass is 482 g/mol. The van der Waals surface area contributed by atoms with E-state index in [1.54, 1.807) is 12.1 Å². The SMILES string of the molecule is Cc1ccc(S(=O)(=O)N2C=CNC(=O)[C@H]2CC(=O)NCCc2ccc(CNC3CC3)cc2)cc1. The largest absolute Gasteiger partial charge is 0.356 e. The van der Waals surface area contributed by atoms with Gasteiger partial charge in [0, 0.05) is 31.5 Å². The van der Waals surface area contributed by atoms with Crippen LogP contribution in [-0.4, -0.2) is 43.2 Å². The molecule has 3 N–H and O–H groups in total. The molecule has 0 saturated heterocycles. The number of nitrogens with zero attached hydrogens (tertiary/aromatic N) is 1. The average molecular weight is 483 g/mol. The summed E-state index contributed by atoms with van der Waals surface area (Å²) in [6, 6.07) is 14.1. The van der Waals surface area contributed by atoms with Crippen LogP contribution in [0.3, 0.4) is 0 Å². The number of nitrogens with one attached hydrogen (secondary N) is 3. The van der Waals surface area contributed by atoms with Crippen molar-refractivity contribution in [2.45, 2.75) is 56.1 Å². The van der Waals surface area contributed by atoms with Gasteiger partial charge in [-0.05, 0) is 49.4 Å². The van der Waals surface area contributed by atoms with Crippen molar-refractivity contribution in [1.82, 2.24) is 20.3 Å². The van der Waals surface area contributed by atoms with E-state index in [9.17, 15) is 18.0 Å². The van der Waals surface area contributed by atoms with E-state index >= 15 is 0 Å². The molecule has 0 spiro atoms. The first-order valence-electron chi connectivity index (χ1n) is 11.5. The lowest BCUT2D eigenvalue weighted by atomic mass is 10.1. The first kappa shape index (κ1) is 24.0. The van der Waals surface area contributed by atoms with Crippen LogP contribution in [0.15, 0.2) is 65.8 Å². The third kappa shape index (κ3) is 6.03. The Morgan fingerprint density at radius 1 is 1.06 bits per heavy atom. The summed E-state index contributed by atoms with van der Waals surface area (Å²) in [5.41, 5.74) is 3.25. The first-order chi connectivity index (χ1) is 16.3. The van der Waals surface area contributed by atoms with Crippen LogP contribution in [0.1, 0.15) is 36.0 Å². The molecule has 180 valence electrons. The molecule has 0 bridgehead atoms. The molecule has 1 atom stereocenters. The van der Waals surface area contributed by atoms with Crippen molar-refractivity contribution in [3.05, 3.63) is 77.6 Å². The van der Waals surface area contributed by atoms with Gasteiger partial charge in [0.15, 0.2) is 0 Å². The van der Waals surface area contributed by atoms with Gasteiger partial charge < -0.3 is 16.0 Å². The third-order valence-corrected chi connectivity index (χ3v) is 7.76. The van der Waals surface area contributed by atoms with E-state index in [-0.39, 0.29) is 17.2 Å². The maximum absolute atomic E-state index is 13.1. The van der Waals surface area contributed by atoms with Gasteiger partial charge in [-0.2, -0.15) is 0 Å². The lowest BCUT2D eigenvalue weighted by molar-refractivity contribution is -0.129. The van der Waals surface area contributed by atoms with Crippen molar-refractivity contribution in [2.24, 2.45) is 0 Å². The highest BCUT2D eigenvalue weighted by Gasteiger charge is 2.36. The van der Waals surface area contributed by atoms with Crippen LogP contribution in [0.25, 0.3) is 0 Å². The van der Waals surface area contributed by atoms with Gasteiger partial charge in [0.2, 0.25) is 11.8 Å². The van der Waals surface area contributed by atoms with E-state index in [1.807, 2.05) is 19.1 Å². The molecule has 2 aromatic carbocycles. The molecule has 1 aliphatic carbocycles. The van der Waals surface area contributed by atoms with Gasteiger partial charge in [-0.3, -0.25) is 13.9 Å². The van der Waals surface area contributed by atoms with Gasteiger partial charge in [0.05, 0.1) is 11.3 Å². The molecule has 1 saturated carbocycles. The number of sulfonamides is 1. The molecule has 2 aliphatic rings. The molecule has 0 aromatic heterocycles. The standard InChI is InChI=1S/C25H30N4O4S/c1-18-2-10-22(11-3-18)34(32,33)29-15-14-27-25(31)23(29)16-24(30)26-13-12-19-4-6-20(7-5-19)17-28-21-8-9-21/h2-7,10-11,14-15,21,23,28H,8-9,12-13,16-17H2,1H3,(H,26,30)(H,27,31)/t23-/m1/s1. The predicted molar refractivity (Wildman–Crippen MR) is 129 cm³/mol. The van der Waals surface area contributed by atoms with Crippen molar-refractivity contribution in [1.29, 1.82) is 0 Å². The fourth-order valence-electron chi connectivity index (χ4n) is 3.74. The Morgan fingerprint density at radius 3 is 2.41 bits per heavy atom. The summed E-state index contributed by atoms with van der Waals surface area (Å²) >= 11 is 0. The smallest absolute Gasteiger partial charge is 0.264 e. The van der Waals surface area contributed by atoms with Crippen LogP contribution in [-0.2, 0) is 32.6 Å². The second kappa shape index (κ2) is 10.4. The van der Waals surface area contributed by atoms with Crippen LogP contribution in [0.4, 0.5) is 0 Å². The normalized spacial score (nSPS) is 18.0. The van der Waals surface area contributed by atoms with Gasteiger partial charge in [0.25, 0.3) is 10.0 Å². The highest BCUT2D eigenvalue weighted by molar-refractivity contribution is 7.89. The zero-order chi connectivity index (χ0) is 24.1. The van der Waals surface area contributed by atoms with Gasteiger partial charge in [-0.1, -0.05) is 42.0 Å². The lowest BCUT2D eigenvalue weighted by Crippen LogP contribution is -2.51. The van der Waals surface area contributed by atoms with Crippen LogP contribution in [0, 0.1) is 6.92 Å². The maximum atomic E-state index is 13.1. The zero-order valence-corrected chi connectivity index (χ0v) is 20.0. The summed E-state index contributed by atoms with van der Waals surface area (Å²) < 4.78 is 27.2. The number of carbonyl (C=O) groups is 2. The summed E-state index contributed by atoms with van der Waals surface area (Å²) in [7, 11) is -3.98. The fraction of sp³-hybridized carbons (Fsp3) is 0.360. The molecule has 2 aromatic rings. The second-order valence-electron chi connectivity index (χ2n) is 8.76. The van der Waals surface area contributed by atoms with E-state index in [2.05, 4.69) is 28.1 Å². The molecular weight excluding hydrogens is 452 g/mol. The molecule has 34 heavy (non-hydrogen) atoms. The summed E-state index contributed by atoms with van der Waals surface area (Å²) in [4.78, 5) is 25.1. The van der Waals surface area contributed by atoms with E-state index in [4.69, 9.17) is 0 Å². The number of carbonyl (C=O) groups excluding carboxylic acids is 2. The minimum absolute atomic E-state index is 0.0682. The first-order valence-corrected chi connectivity index (χ1v) is 12.9. The summed E-state index contributed by atoms with van der Waals surface area (Å²) in [6.07, 6.45) is 5.44. The maximum Gasteiger partial charge on any atom is 0.264 e. The Hall–Kier alpha value is -3.17. The molecule has 1 aliphatic heterocycles. The topological polar surface area (TPSA) is 108 Å². The number of rotatable bonds is 10. The Kier molecular flexibility index (Phi) is 7.33. The van der Waals surface area contributed by atoms with Crippen LogP contribution >= 0.6 is 0 Å². The van der Waals surface area contributed by atoms with Gasteiger partial charge in [-0.15, -0.1) is 0 Å². The number of hydrogen-bond donors (Lipinski definition) is 3. The number of benzene rings is 2. The molecule has 0 radical (unpaired) electrons. The molecule has 2 amide bonds. The molecule has 9 heteroatoms. The summed E-state index contributed by atoms with van der Waals surface area (Å²) in [5, 5.41) is 8.78. The molecule has 4 rings (SSSR count). The van der Waals surface area contributed by atoms with Crippen molar-refractivity contribution in [3.63, 3.8) is 0 Å². The average Bonchev–Trinajstić information content (AvgIpc) is 3.65. The predicted octanol–water partition coefficient (Wildman–Crippen LogP) is 1.96. The van der Waals surface area contributed by atoms with Crippen LogP contribution < -0.4 is 16.0 Å². The Labute approximate surface area is 200 Å². The zero-order valence-electron chi connectivity index (χ0n) is 19.2. The van der Waals surface area contributed by atoms with E-state index in [0.29, 0.717) is 19.0 Å². The quantitative estimate of drug-likeness (QED) is 0.480. The van der Waals surface area contributed by atoms with Crippen LogP contribution in [0.5, 0.6) is 0 Å². The van der Waals surface area contributed by atoms with Crippen LogP contribution in [0.2, 0.25) is 0 Å². The van der Waals surface area contributed by atoms with Gasteiger partial charge in [0.1, 0.15) is 6.04 Å². The number of hydrogen-bond acceptors (Lipinski definition) is 5. The van der Waals surface area contributed by atoms with Crippen molar-refractivity contribution < 1.29 is 18.0 Å². The number of amides is 2. The molecule has 1 heterocycles. The van der Waals surface area contributed by atoms with Crippen molar-refractivity contribution in [2.75, 3.05) is 6.54 Å². The van der Waals surface area contributed by atoms with Gasteiger partial charge >= 0.3 is 0 Å². The van der Waals surface area contributed by atoms with E-state index in [1.165, 1.54) is 42.9 Å². The summed E-state index contributed by atoms with van der Waals surface area (Å²) in [5.74, 6) is -0.923. The Bertz CT molecular complexity index is 1160. The highest BCUT2D eigenvalue weighted by atomic mass is 32.2. The minimum Gasteiger partial charge on any atom is -0.356 e. The molecule has 0 unspecified atom stereocenters. The molecular formula is C25H30N4O4S. The van der Waals surface area contributed by atoms with Crippen molar-refractivity contribution >= 4 is 21.8 Å². The molecule has 1 fully saturated rings. The van der Waals surface area contributed by atoms with Crippen molar-refractivity contribution in [3.8, 4) is 0 Å². The van der Waals surface area contributed by atoms with Gasteiger partial charge in [-0.25, -0.2) is 8.42 Å². The second-order valence-corrected chi connectivity index (χ2v) is 10.6. The van der Waals surface area contributed by atoms with E-state index < -0.39 is 22.0 Å². The molecule has 8 nitrogen and oxygen atoms in total. The Balaban J connectivity index is 1.32. The Morgan fingerprint density at radius 2 is 1.74 bits per heavy atom. The van der Waals surface area contributed by atoms with E-state index in [0.717, 1.165) is 22.0 Å². The third-order valence-electron chi connectivity index (χ3n) is 5.96. The fourth-order valence-corrected chi connectivity index (χ4v) is 5.19. The number of aryl methyl sites for hydroxylation is 1. The lowest BCUT2D eigenvalue weighted by Gasteiger charge is -2.31. The minimum atomic E-state index is -3.98. The summed E-state index contributed by atoms with van der Waals surface area (Å²) in [6.45, 7) is 3.12. The highest BCUT2D eigenvalue weighted by Crippen LogP contribution is 2.23.